The molecule has 0 heterocycles. The molecule has 0 aliphatic heterocycles. The van der Waals surface area contributed by atoms with Gasteiger partial charge in [0.15, 0.2) is 5.43 Å². The van der Waals surface area contributed by atoms with E-state index >= 15 is 0 Å². The van der Waals surface area contributed by atoms with Crippen LogP contribution in [0.5, 0.6) is 5.75 Å². The molecule has 0 fully saturated rings. The lowest BCUT2D eigenvalue weighted by Crippen LogP contribution is -2.39. The highest BCUT2D eigenvalue weighted by molar-refractivity contribution is 7.98. The average Bonchev–Trinajstić information content (AvgIpc) is 3.09. The molecule has 1 aliphatic rings. The molecule has 0 saturated carbocycles. The fraction of sp³-hybridized carbons (Fsp3) is 0.360. The largest absolute Gasteiger partial charge is 0.496 e. The molecule has 0 bridgehead atoms. The zero-order chi connectivity index (χ0) is 26.6. The van der Waals surface area contributed by atoms with Gasteiger partial charge in [-0.3, -0.25) is 9.59 Å². The second kappa shape index (κ2) is 11.4. The third-order valence-corrected chi connectivity index (χ3v) is 6.78. The molecule has 0 radical (unpaired) electrons. The molecule has 7 nitrogen and oxygen atoms in total. The number of aliphatic hydroxyl groups is 2. The van der Waals surface area contributed by atoms with Crippen molar-refractivity contribution in [1.82, 2.24) is 10.6 Å². The third-order valence-electron chi connectivity index (χ3n) is 6.00. The maximum Gasteiger partial charge on any atom is 0.471 e. The molecule has 0 aromatic heterocycles. The molecule has 0 saturated heterocycles. The number of alkyl halides is 3. The number of fused-ring (bicyclic) bond motifs is 3. The average molecular weight is 525 g/mol. The first-order valence-corrected chi connectivity index (χ1v) is 12.2. The Kier molecular flexibility index (Phi) is 8.70. The molecule has 0 spiro atoms. The molecule has 11 heteroatoms. The Balaban J connectivity index is 2.13. The number of hydrogen-bond acceptors (Lipinski definition) is 7. The highest BCUT2D eigenvalue weighted by atomic mass is 32.2. The van der Waals surface area contributed by atoms with Crippen LogP contribution in [0.3, 0.4) is 0 Å². The van der Waals surface area contributed by atoms with Crippen molar-refractivity contribution in [1.29, 1.82) is 0 Å². The third kappa shape index (κ3) is 5.69. The minimum Gasteiger partial charge on any atom is -0.496 e. The molecule has 1 amide bonds. The van der Waals surface area contributed by atoms with E-state index in [4.69, 9.17) is 4.74 Å². The van der Waals surface area contributed by atoms with Gasteiger partial charge in [-0.15, -0.1) is 11.8 Å². The topological polar surface area (TPSA) is 108 Å². The predicted molar refractivity (Wildman–Crippen MR) is 131 cm³/mol. The summed E-state index contributed by atoms with van der Waals surface area (Å²) in [6.07, 6.45) is -2.35. The van der Waals surface area contributed by atoms with Crippen LogP contribution >= 0.6 is 11.8 Å². The first-order chi connectivity index (χ1) is 17.0. The molecule has 1 atom stereocenters. The first-order valence-electron chi connectivity index (χ1n) is 11.0. The summed E-state index contributed by atoms with van der Waals surface area (Å²) in [5.74, 6) is -1.70. The summed E-state index contributed by atoms with van der Waals surface area (Å²) in [4.78, 5) is 24.6. The van der Waals surface area contributed by atoms with Crippen LogP contribution < -0.4 is 20.8 Å². The van der Waals surface area contributed by atoms with Gasteiger partial charge in [0, 0.05) is 16.8 Å². The van der Waals surface area contributed by atoms with E-state index in [1.54, 1.807) is 29.8 Å². The first kappa shape index (κ1) is 27.6. The Morgan fingerprint density at radius 3 is 2.56 bits per heavy atom. The van der Waals surface area contributed by atoms with Crippen molar-refractivity contribution in [3.63, 3.8) is 0 Å². The second-order valence-electron chi connectivity index (χ2n) is 8.20. The van der Waals surface area contributed by atoms with Crippen molar-refractivity contribution in [3.05, 3.63) is 69.0 Å². The highest BCUT2D eigenvalue weighted by Gasteiger charge is 2.38. The molecule has 2 aromatic rings. The Morgan fingerprint density at radius 2 is 1.97 bits per heavy atom. The van der Waals surface area contributed by atoms with Crippen LogP contribution in [0.2, 0.25) is 0 Å². The zero-order valence-electron chi connectivity index (χ0n) is 19.8. The summed E-state index contributed by atoms with van der Waals surface area (Å²) in [5.41, 5.74) is 3.53. The number of halogens is 3. The van der Waals surface area contributed by atoms with Crippen molar-refractivity contribution < 1.29 is 32.9 Å². The maximum absolute atomic E-state index is 12.9. The van der Waals surface area contributed by atoms with E-state index < -0.39 is 24.7 Å². The number of rotatable bonds is 8. The van der Waals surface area contributed by atoms with E-state index in [1.807, 2.05) is 0 Å². The van der Waals surface area contributed by atoms with Gasteiger partial charge in [-0.25, -0.2) is 0 Å². The van der Waals surface area contributed by atoms with Crippen molar-refractivity contribution in [3.8, 4) is 16.9 Å². The normalized spacial score (nSPS) is 14.8. The van der Waals surface area contributed by atoms with E-state index in [2.05, 4.69) is 11.9 Å². The van der Waals surface area contributed by atoms with Crippen LogP contribution in [0.1, 0.15) is 34.7 Å². The van der Waals surface area contributed by atoms with Crippen molar-refractivity contribution in [2.24, 2.45) is 0 Å². The number of ether oxygens (including phenoxy) is 1. The molecular weight excluding hydrogens is 497 g/mol. The molecular formula is C25H27F3N2O5S. The van der Waals surface area contributed by atoms with E-state index in [9.17, 15) is 33.0 Å². The quantitative estimate of drug-likeness (QED) is 0.393. The Labute approximate surface area is 210 Å². The number of thioether (sulfide) groups is 1. The Morgan fingerprint density at radius 1 is 1.25 bits per heavy atom. The van der Waals surface area contributed by atoms with Gasteiger partial charge in [0.2, 0.25) is 0 Å². The lowest BCUT2D eigenvalue weighted by molar-refractivity contribution is -0.173. The van der Waals surface area contributed by atoms with Crippen LogP contribution in [0.15, 0.2) is 46.2 Å². The summed E-state index contributed by atoms with van der Waals surface area (Å²) in [5, 5.41) is 24.7. The van der Waals surface area contributed by atoms with Crippen LogP contribution in [0.25, 0.3) is 11.1 Å². The van der Waals surface area contributed by atoms with E-state index in [1.165, 1.54) is 24.9 Å². The summed E-state index contributed by atoms with van der Waals surface area (Å²) >= 11 is 1.28. The minimum atomic E-state index is -5.01. The number of methoxy groups -OCH3 is 1. The number of hydrogen-bond donors (Lipinski definition) is 4. The van der Waals surface area contributed by atoms with E-state index in [0.29, 0.717) is 51.3 Å². The molecule has 4 N–H and O–H groups in total. The van der Waals surface area contributed by atoms with Gasteiger partial charge >= 0.3 is 12.1 Å². The summed E-state index contributed by atoms with van der Waals surface area (Å²) in [7, 11) is 1.46. The van der Waals surface area contributed by atoms with Crippen molar-refractivity contribution in [2.45, 2.75) is 43.2 Å². The Bertz CT molecular complexity index is 1230. The standard InChI is InChI=1S/C25H27F3N2O5S/c1-13(10-29-24(34)25(26,27)28)30-19-6-4-14-8-15(11-31)18(12-32)23(35-2)22(14)16-5-7-21(36-3)20(33)9-17(16)19/h5,7-9,19,30-32H,1,4,6,10-12H2,2-3H3,(H,29,34). The summed E-state index contributed by atoms with van der Waals surface area (Å²) < 4.78 is 43.4. The molecule has 3 rings (SSSR count). The number of amides is 1. The van der Waals surface area contributed by atoms with Gasteiger partial charge in [-0.2, -0.15) is 13.2 Å². The van der Waals surface area contributed by atoms with Gasteiger partial charge in [-0.1, -0.05) is 18.7 Å². The smallest absolute Gasteiger partial charge is 0.471 e. The molecule has 194 valence electrons. The number of nitrogens with one attached hydrogen (secondary N) is 2. The van der Waals surface area contributed by atoms with Gasteiger partial charge in [-0.05, 0) is 53.5 Å². The van der Waals surface area contributed by atoms with E-state index in [0.717, 1.165) is 5.56 Å². The number of aliphatic hydroxyl groups excluding tert-OH is 2. The second-order valence-corrected chi connectivity index (χ2v) is 9.04. The van der Waals surface area contributed by atoms with Crippen LogP contribution in [-0.4, -0.2) is 42.2 Å². The van der Waals surface area contributed by atoms with Crippen molar-refractivity contribution in [2.75, 3.05) is 19.9 Å². The minimum absolute atomic E-state index is 0.137. The highest BCUT2D eigenvalue weighted by Crippen LogP contribution is 2.45. The fourth-order valence-electron chi connectivity index (χ4n) is 4.35. The number of carbonyl (C=O) groups excluding carboxylic acids is 1. The summed E-state index contributed by atoms with van der Waals surface area (Å²) in [6.45, 7) is 2.61. The monoisotopic (exact) mass is 524 g/mol. The fourth-order valence-corrected chi connectivity index (χ4v) is 4.81. The number of benzene rings is 1. The molecule has 36 heavy (non-hydrogen) atoms. The van der Waals surface area contributed by atoms with Gasteiger partial charge in [0.25, 0.3) is 0 Å². The zero-order valence-corrected chi connectivity index (χ0v) is 20.6. The molecule has 2 aromatic carbocycles. The van der Waals surface area contributed by atoms with Crippen LogP contribution in [-0.2, 0) is 24.4 Å². The van der Waals surface area contributed by atoms with E-state index in [-0.39, 0.29) is 24.3 Å². The number of carbonyl (C=O) groups is 1. The van der Waals surface area contributed by atoms with Crippen molar-refractivity contribution >= 4 is 17.7 Å². The number of aryl methyl sites for hydroxylation is 1. The van der Waals surface area contributed by atoms with Gasteiger partial charge in [0.1, 0.15) is 5.75 Å². The molecule has 1 unspecified atom stereocenters. The predicted octanol–water partition coefficient (Wildman–Crippen LogP) is 3.20. The summed E-state index contributed by atoms with van der Waals surface area (Å²) in [6, 6.07) is 6.20. The van der Waals surface area contributed by atoms with Gasteiger partial charge in [0.05, 0.1) is 37.8 Å². The lowest BCUT2D eigenvalue weighted by atomic mass is 9.91. The Hall–Kier alpha value is -3.02. The lowest BCUT2D eigenvalue weighted by Gasteiger charge is -2.22. The van der Waals surface area contributed by atoms with Gasteiger partial charge < -0.3 is 25.6 Å². The van der Waals surface area contributed by atoms with Crippen LogP contribution in [0.4, 0.5) is 13.2 Å². The molecule has 1 aliphatic carbocycles. The SMILES string of the molecule is C=C(CNC(=O)C(F)(F)F)NC1CCc2cc(CO)c(CO)c(OC)c2-c2ccc(SC)c(=O)cc21. The van der Waals surface area contributed by atoms with Crippen LogP contribution in [0, 0.1) is 0 Å². The maximum atomic E-state index is 12.9.